The molecule has 0 fully saturated rings. The van der Waals surface area contributed by atoms with Gasteiger partial charge in [-0.05, 0) is 32.0 Å². The average Bonchev–Trinajstić information content (AvgIpc) is 2.29. The molecule has 1 amide bonds. The van der Waals surface area contributed by atoms with Gasteiger partial charge >= 0.3 is 0 Å². The predicted octanol–water partition coefficient (Wildman–Crippen LogP) is 2.41. The maximum Gasteiger partial charge on any atom is 0.221 e. The SMILES string of the molecule is CC(C)NC(=O)CCNc1ccc(Br)cc1C(N)=S. The van der Waals surface area contributed by atoms with Crippen molar-refractivity contribution >= 4 is 44.7 Å². The van der Waals surface area contributed by atoms with Crippen LogP contribution in [0.25, 0.3) is 0 Å². The first kappa shape index (κ1) is 15.9. The first-order chi connectivity index (χ1) is 8.90. The van der Waals surface area contributed by atoms with Gasteiger partial charge < -0.3 is 16.4 Å². The van der Waals surface area contributed by atoms with Crippen molar-refractivity contribution in [1.82, 2.24) is 5.32 Å². The quantitative estimate of drug-likeness (QED) is 0.694. The molecule has 19 heavy (non-hydrogen) atoms. The zero-order chi connectivity index (χ0) is 14.4. The van der Waals surface area contributed by atoms with Gasteiger partial charge in [0.05, 0.1) is 0 Å². The molecule has 0 aliphatic rings. The highest BCUT2D eigenvalue weighted by molar-refractivity contribution is 9.10. The van der Waals surface area contributed by atoms with Gasteiger partial charge in [-0.3, -0.25) is 4.79 Å². The van der Waals surface area contributed by atoms with Crippen molar-refractivity contribution in [1.29, 1.82) is 0 Å². The fraction of sp³-hybridized carbons (Fsp3) is 0.385. The van der Waals surface area contributed by atoms with Crippen molar-refractivity contribution < 1.29 is 4.79 Å². The number of carbonyl (C=O) groups excluding carboxylic acids is 1. The van der Waals surface area contributed by atoms with Crippen molar-refractivity contribution in [2.75, 3.05) is 11.9 Å². The second kappa shape index (κ2) is 7.45. The van der Waals surface area contributed by atoms with E-state index >= 15 is 0 Å². The van der Waals surface area contributed by atoms with Gasteiger partial charge in [0.1, 0.15) is 4.99 Å². The van der Waals surface area contributed by atoms with E-state index in [9.17, 15) is 4.79 Å². The second-order valence-corrected chi connectivity index (χ2v) is 5.81. The third-order valence-corrected chi connectivity index (χ3v) is 3.08. The number of hydrogen-bond donors (Lipinski definition) is 3. The maximum absolute atomic E-state index is 11.5. The Morgan fingerprint density at radius 2 is 2.16 bits per heavy atom. The number of benzene rings is 1. The van der Waals surface area contributed by atoms with E-state index in [0.717, 1.165) is 15.7 Å². The molecule has 0 unspecified atom stereocenters. The van der Waals surface area contributed by atoms with Crippen LogP contribution in [0.5, 0.6) is 0 Å². The molecule has 0 saturated carbocycles. The molecule has 1 rings (SSSR count). The fourth-order valence-corrected chi connectivity index (χ4v) is 2.11. The molecule has 104 valence electrons. The van der Waals surface area contributed by atoms with Crippen molar-refractivity contribution in [3.63, 3.8) is 0 Å². The highest BCUT2D eigenvalue weighted by atomic mass is 79.9. The largest absolute Gasteiger partial charge is 0.389 e. The van der Waals surface area contributed by atoms with E-state index in [2.05, 4.69) is 26.6 Å². The van der Waals surface area contributed by atoms with Gasteiger partial charge in [-0.1, -0.05) is 28.1 Å². The highest BCUT2D eigenvalue weighted by Crippen LogP contribution is 2.21. The van der Waals surface area contributed by atoms with Crippen LogP contribution in [0.3, 0.4) is 0 Å². The molecule has 4 N–H and O–H groups in total. The van der Waals surface area contributed by atoms with Crippen LogP contribution in [0.4, 0.5) is 5.69 Å². The number of anilines is 1. The van der Waals surface area contributed by atoms with Crippen LogP contribution in [0, 0.1) is 0 Å². The summed E-state index contributed by atoms with van der Waals surface area (Å²) in [4.78, 5) is 11.8. The number of carbonyl (C=O) groups is 1. The molecule has 1 aromatic carbocycles. The Morgan fingerprint density at radius 3 is 2.74 bits per heavy atom. The van der Waals surface area contributed by atoms with Crippen molar-refractivity contribution in [2.24, 2.45) is 5.73 Å². The molecule has 1 aromatic rings. The van der Waals surface area contributed by atoms with Gasteiger partial charge in [0.25, 0.3) is 0 Å². The zero-order valence-corrected chi connectivity index (χ0v) is 13.4. The molecule has 0 aliphatic heterocycles. The highest BCUT2D eigenvalue weighted by Gasteiger charge is 2.07. The molecule has 0 aromatic heterocycles. The molecule has 4 nitrogen and oxygen atoms in total. The second-order valence-electron chi connectivity index (χ2n) is 4.45. The van der Waals surface area contributed by atoms with Gasteiger partial charge in [0.2, 0.25) is 5.91 Å². The first-order valence-corrected chi connectivity index (χ1v) is 7.23. The molecule has 0 aliphatic carbocycles. The van der Waals surface area contributed by atoms with E-state index in [0.29, 0.717) is 18.0 Å². The van der Waals surface area contributed by atoms with E-state index in [4.69, 9.17) is 18.0 Å². The monoisotopic (exact) mass is 343 g/mol. The number of rotatable bonds is 6. The summed E-state index contributed by atoms with van der Waals surface area (Å²) < 4.78 is 0.915. The molecule has 0 heterocycles. The van der Waals surface area contributed by atoms with Gasteiger partial charge in [-0.2, -0.15) is 0 Å². The Morgan fingerprint density at radius 1 is 1.47 bits per heavy atom. The number of nitrogens with one attached hydrogen (secondary N) is 2. The molecule has 0 spiro atoms. The van der Waals surface area contributed by atoms with Gasteiger partial charge in [-0.15, -0.1) is 0 Å². The molecule has 0 saturated heterocycles. The Balaban J connectivity index is 2.58. The summed E-state index contributed by atoms with van der Waals surface area (Å²) in [5, 5.41) is 6.02. The summed E-state index contributed by atoms with van der Waals surface area (Å²) in [7, 11) is 0. The molecular weight excluding hydrogens is 326 g/mol. The van der Waals surface area contributed by atoms with E-state index in [1.54, 1.807) is 0 Å². The maximum atomic E-state index is 11.5. The lowest BCUT2D eigenvalue weighted by Gasteiger charge is -2.12. The third kappa shape index (κ3) is 5.57. The summed E-state index contributed by atoms with van der Waals surface area (Å²) in [5.41, 5.74) is 7.28. The fourth-order valence-electron chi connectivity index (χ4n) is 1.58. The lowest BCUT2D eigenvalue weighted by molar-refractivity contribution is -0.121. The van der Waals surface area contributed by atoms with Crippen LogP contribution in [-0.4, -0.2) is 23.5 Å². The first-order valence-electron chi connectivity index (χ1n) is 6.02. The number of nitrogens with two attached hydrogens (primary N) is 1. The summed E-state index contributed by atoms with van der Waals surface area (Å²) >= 11 is 8.38. The van der Waals surface area contributed by atoms with E-state index in [1.807, 2.05) is 32.0 Å². The Labute approximate surface area is 127 Å². The number of halogens is 1. The normalized spacial score (nSPS) is 10.3. The van der Waals surface area contributed by atoms with Crippen molar-refractivity contribution in [3.05, 3.63) is 28.2 Å². The Kier molecular flexibility index (Phi) is 6.24. The lowest BCUT2D eigenvalue weighted by atomic mass is 10.1. The minimum absolute atomic E-state index is 0.0245. The van der Waals surface area contributed by atoms with Crippen LogP contribution in [0.2, 0.25) is 0 Å². The smallest absolute Gasteiger partial charge is 0.221 e. The zero-order valence-electron chi connectivity index (χ0n) is 11.0. The Bertz CT molecular complexity index is 477. The molecule has 0 radical (unpaired) electrons. The topological polar surface area (TPSA) is 67.2 Å². The minimum Gasteiger partial charge on any atom is -0.389 e. The minimum atomic E-state index is 0.0245. The number of thiocarbonyl (C=S) groups is 1. The van der Waals surface area contributed by atoms with Crippen LogP contribution in [0.15, 0.2) is 22.7 Å². The van der Waals surface area contributed by atoms with Crippen LogP contribution < -0.4 is 16.4 Å². The Hall–Kier alpha value is -1.14. The molecule has 6 heteroatoms. The third-order valence-electron chi connectivity index (χ3n) is 2.36. The van der Waals surface area contributed by atoms with E-state index < -0.39 is 0 Å². The summed E-state index contributed by atoms with van der Waals surface area (Å²) in [6, 6.07) is 5.81. The van der Waals surface area contributed by atoms with E-state index in [1.165, 1.54) is 0 Å². The van der Waals surface area contributed by atoms with Crippen LogP contribution in [0.1, 0.15) is 25.8 Å². The van der Waals surface area contributed by atoms with Gasteiger partial charge in [-0.25, -0.2) is 0 Å². The molecule has 0 atom stereocenters. The summed E-state index contributed by atoms with van der Waals surface area (Å²) in [6.07, 6.45) is 0.408. The van der Waals surface area contributed by atoms with Gasteiger partial charge in [0, 0.05) is 34.7 Å². The summed E-state index contributed by atoms with van der Waals surface area (Å²) in [6.45, 7) is 4.41. The lowest BCUT2D eigenvalue weighted by Crippen LogP contribution is -2.31. The average molecular weight is 344 g/mol. The van der Waals surface area contributed by atoms with Crippen molar-refractivity contribution in [3.8, 4) is 0 Å². The van der Waals surface area contributed by atoms with E-state index in [-0.39, 0.29) is 11.9 Å². The standard InChI is InChI=1S/C13H18BrN3OS/c1-8(2)17-12(18)5-6-16-11-4-3-9(14)7-10(11)13(15)19/h3-4,7-8,16H,5-6H2,1-2H3,(H2,15,19)(H,17,18). The molecule has 0 bridgehead atoms. The van der Waals surface area contributed by atoms with Gasteiger partial charge in [0.15, 0.2) is 0 Å². The summed E-state index contributed by atoms with van der Waals surface area (Å²) in [5.74, 6) is 0.0245. The number of hydrogen-bond acceptors (Lipinski definition) is 3. The number of amides is 1. The predicted molar refractivity (Wildman–Crippen MR) is 86.4 cm³/mol. The van der Waals surface area contributed by atoms with Crippen molar-refractivity contribution in [2.45, 2.75) is 26.3 Å². The molecular formula is C13H18BrN3OS. The van der Waals surface area contributed by atoms with Crippen LogP contribution in [-0.2, 0) is 4.79 Å². The van der Waals surface area contributed by atoms with Crippen LogP contribution >= 0.6 is 28.1 Å².